The minimum atomic E-state index is -0.883. The van der Waals surface area contributed by atoms with Crippen LogP contribution in [-0.4, -0.2) is 35.2 Å². The molecule has 0 aliphatic heterocycles. The van der Waals surface area contributed by atoms with Crippen molar-refractivity contribution < 1.29 is 24.6 Å². The van der Waals surface area contributed by atoms with Crippen LogP contribution in [0.15, 0.2) is 17.3 Å². The second-order valence-corrected chi connectivity index (χ2v) is 6.17. The van der Waals surface area contributed by atoms with Gasteiger partial charge in [0.25, 0.3) is 0 Å². The van der Waals surface area contributed by atoms with Gasteiger partial charge in [-0.2, -0.15) is 0 Å². The van der Waals surface area contributed by atoms with Crippen molar-refractivity contribution in [2.45, 2.75) is 44.6 Å². The highest BCUT2D eigenvalue weighted by atomic mass is 16.5. The summed E-state index contributed by atoms with van der Waals surface area (Å²) in [6.07, 6.45) is 5.19. The van der Waals surface area contributed by atoms with Crippen LogP contribution in [0.5, 0.6) is 11.5 Å². The van der Waals surface area contributed by atoms with Crippen molar-refractivity contribution in [2.75, 3.05) is 7.11 Å². The van der Waals surface area contributed by atoms with Crippen LogP contribution < -0.4 is 9.47 Å². The van der Waals surface area contributed by atoms with Gasteiger partial charge < -0.3 is 19.8 Å². The Balaban J connectivity index is 1.96. The second-order valence-electron chi connectivity index (χ2n) is 6.17. The standard InChI is InChI=1S/C17H21NO5/c1-22-15-9-13-10(6-11(17(19)20)7-14(13)18-21)8-16(15)23-12-4-2-3-5-12/h8-9,11-12,21H,2-7H2,1H3,(H,19,20)/b18-14+. The van der Waals surface area contributed by atoms with Crippen LogP contribution in [0.1, 0.15) is 43.2 Å². The maximum Gasteiger partial charge on any atom is 0.307 e. The summed E-state index contributed by atoms with van der Waals surface area (Å²) in [4.78, 5) is 11.3. The zero-order valence-electron chi connectivity index (χ0n) is 13.1. The van der Waals surface area contributed by atoms with Crippen molar-refractivity contribution in [2.24, 2.45) is 11.1 Å². The summed E-state index contributed by atoms with van der Waals surface area (Å²) >= 11 is 0. The van der Waals surface area contributed by atoms with Gasteiger partial charge in [0.15, 0.2) is 11.5 Å². The molecule has 23 heavy (non-hydrogen) atoms. The molecule has 0 aromatic heterocycles. The maximum absolute atomic E-state index is 11.3. The number of oxime groups is 1. The van der Waals surface area contributed by atoms with E-state index in [1.807, 2.05) is 6.07 Å². The van der Waals surface area contributed by atoms with Gasteiger partial charge in [0.2, 0.25) is 0 Å². The van der Waals surface area contributed by atoms with Gasteiger partial charge in [0.05, 0.1) is 24.8 Å². The Morgan fingerprint density at radius 2 is 1.96 bits per heavy atom. The van der Waals surface area contributed by atoms with E-state index < -0.39 is 11.9 Å². The van der Waals surface area contributed by atoms with E-state index in [0.717, 1.165) is 24.0 Å². The summed E-state index contributed by atoms with van der Waals surface area (Å²) < 4.78 is 11.5. The van der Waals surface area contributed by atoms with E-state index in [1.54, 1.807) is 13.2 Å². The van der Waals surface area contributed by atoms with Crippen LogP contribution in [0.4, 0.5) is 0 Å². The Hall–Kier alpha value is -2.24. The molecule has 1 unspecified atom stereocenters. The van der Waals surface area contributed by atoms with Gasteiger partial charge in [-0.3, -0.25) is 4.79 Å². The Morgan fingerprint density at radius 1 is 1.22 bits per heavy atom. The van der Waals surface area contributed by atoms with Crippen LogP contribution in [0.3, 0.4) is 0 Å². The van der Waals surface area contributed by atoms with Gasteiger partial charge in [0, 0.05) is 12.0 Å². The summed E-state index contributed by atoms with van der Waals surface area (Å²) in [6.45, 7) is 0. The van der Waals surface area contributed by atoms with E-state index >= 15 is 0 Å². The quantitative estimate of drug-likeness (QED) is 0.658. The number of carboxylic acids is 1. The Kier molecular flexibility index (Phi) is 4.41. The molecule has 0 heterocycles. The summed E-state index contributed by atoms with van der Waals surface area (Å²) in [5.74, 6) is -0.237. The molecule has 1 saturated carbocycles. The van der Waals surface area contributed by atoms with Gasteiger partial charge in [0.1, 0.15) is 0 Å². The molecule has 3 rings (SSSR count). The zero-order valence-corrected chi connectivity index (χ0v) is 13.1. The third-order valence-corrected chi connectivity index (χ3v) is 4.67. The molecule has 2 N–H and O–H groups in total. The highest BCUT2D eigenvalue weighted by molar-refractivity contribution is 6.05. The lowest BCUT2D eigenvalue weighted by Crippen LogP contribution is -2.27. The molecule has 2 aliphatic carbocycles. The molecule has 6 nitrogen and oxygen atoms in total. The molecule has 0 spiro atoms. The third-order valence-electron chi connectivity index (χ3n) is 4.67. The molecule has 0 saturated heterocycles. The van der Waals surface area contributed by atoms with E-state index in [1.165, 1.54) is 12.8 Å². The number of fused-ring (bicyclic) bond motifs is 1. The number of methoxy groups -OCH3 is 1. The lowest BCUT2D eigenvalue weighted by Gasteiger charge is -2.25. The van der Waals surface area contributed by atoms with Gasteiger partial charge >= 0.3 is 5.97 Å². The van der Waals surface area contributed by atoms with Crippen LogP contribution in [0, 0.1) is 5.92 Å². The van der Waals surface area contributed by atoms with Crippen LogP contribution in [0.2, 0.25) is 0 Å². The Bertz CT molecular complexity index is 634. The number of rotatable bonds is 4. The molecule has 124 valence electrons. The SMILES string of the molecule is COc1cc2c(cc1OC1CCCC1)CC(C(=O)O)C/C2=N\O. The molecule has 0 amide bonds. The van der Waals surface area contributed by atoms with Crippen molar-refractivity contribution in [3.63, 3.8) is 0 Å². The predicted octanol–water partition coefficient (Wildman–Crippen LogP) is 2.84. The fourth-order valence-electron chi connectivity index (χ4n) is 3.43. The van der Waals surface area contributed by atoms with Crippen molar-refractivity contribution in [1.82, 2.24) is 0 Å². The molecule has 1 aromatic carbocycles. The minimum absolute atomic E-state index is 0.187. The molecule has 6 heteroatoms. The van der Waals surface area contributed by atoms with E-state index in [4.69, 9.17) is 9.47 Å². The monoisotopic (exact) mass is 319 g/mol. The number of benzene rings is 1. The van der Waals surface area contributed by atoms with Gasteiger partial charge in [-0.15, -0.1) is 0 Å². The number of nitrogens with zero attached hydrogens (tertiary/aromatic N) is 1. The molecule has 1 aromatic rings. The number of carbonyl (C=O) groups is 1. The average Bonchev–Trinajstić information content (AvgIpc) is 3.05. The van der Waals surface area contributed by atoms with Crippen LogP contribution >= 0.6 is 0 Å². The molecule has 0 bridgehead atoms. The molecule has 1 fully saturated rings. The van der Waals surface area contributed by atoms with Crippen molar-refractivity contribution in [3.05, 3.63) is 23.3 Å². The maximum atomic E-state index is 11.3. The summed E-state index contributed by atoms with van der Waals surface area (Å²) in [5, 5.41) is 21.8. The first-order valence-corrected chi connectivity index (χ1v) is 7.94. The lowest BCUT2D eigenvalue weighted by molar-refractivity contribution is -0.141. The highest BCUT2D eigenvalue weighted by Gasteiger charge is 2.31. The van der Waals surface area contributed by atoms with Gasteiger partial charge in [-0.05, 0) is 49.8 Å². The van der Waals surface area contributed by atoms with Gasteiger partial charge in [-0.25, -0.2) is 0 Å². The molecule has 1 atom stereocenters. The average molecular weight is 319 g/mol. The van der Waals surface area contributed by atoms with E-state index in [9.17, 15) is 15.1 Å². The topological polar surface area (TPSA) is 88.4 Å². The van der Waals surface area contributed by atoms with Crippen molar-refractivity contribution >= 4 is 11.7 Å². The highest BCUT2D eigenvalue weighted by Crippen LogP contribution is 2.38. The Morgan fingerprint density at radius 3 is 2.57 bits per heavy atom. The summed E-state index contributed by atoms with van der Waals surface area (Å²) in [7, 11) is 1.57. The largest absolute Gasteiger partial charge is 0.493 e. The fourth-order valence-corrected chi connectivity index (χ4v) is 3.43. The lowest BCUT2D eigenvalue weighted by atomic mass is 9.82. The number of ether oxygens (including phenoxy) is 2. The van der Waals surface area contributed by atoms with Crippen molar-refractivity contribution in [1.29, 1.82) is 0 Å². The second kappa shape index (κ2) is 6.48. The van der Waals surface area contributed by atoms with Crippen molar-refractivity contribution in [3.8, 4) is 11.5 Å². The predicted molar refractivity (Wildman–Crippen MR) is 83.6 cm³/mol. The van der Waals surface area contributed by atoms with Crippen LogP contribution in [-0.2, 0) is 11.2 Å². The van der Waals surface area contributed by atoms with E-state index in [0.29, 0.717) is 23.6 Å². The fraction of sp³-hybridized carbons (Fsp3) is 0.529. The smallest absolute Gasteiger partial charge is 0.307 e. The Labute approximate surface area is 134 Å². The van der Waals surface area contributed by atoms with Crippen LogP contribution in [0.25, 0.3) is 0 Å². The van der Waals surface area contributed by atoms with Gasteiger partial charge in [-0.1, -0.05) is 5.16 Å². The number of aliphatic carboxylic acids is 1. The number of hydrogen-bond acceptors (Lipinski definition) is 5. The summed E-state index contributed by atoms with van der Waals surface area (Å²) in [6, 6.07) is 3.62. The first-order valence-electron chi connectivity index (χ1n) is 7.94. The molecular formula is C17H21NO5. The minimum Gasteiger partial charge on any atom is -0.493 e. The zero-order chi connectivity index (χ0) is 16.4. The molecule has 2 aliphatic rings. The molecular weight excluding hydrogens is 298 g/mol. The first kappa shape index (κ1) is 15.6. The third kappa shape index (κ3) is 3.11. The molecule has 0 radical (unpaired) electrons. The van der Waals surface area contributed by atoms with E-state index in [-0.39, 0.29) is 12.5 Å². The number of hydrogen-bond donors (Lipinski definition) is 2. The summed E-state index contributed by atoms with van der Waals surface area (Å²) in [5.41, 5.74) is 1.94. The normalized spacial score (nSPS) is 22.8. The number of carboxylic acid groups (broad SMARTS) is 1. The van der Waals surface area contributed by atoms with E-state index in [2.05, 4.69) is 5.16 Å². The first-order chi connectivity index (χ1) is 11.1.